The Hall–Kier alpha value is -3.94. The lowest BCUT2D eigenvalue weighted by atomic mass is 10.1. The lowest BCUT2D eigenvalue weighted by Gasteiger charge is -2.13. The lowest BCUT2D eigenvalue weighted by Crippen LogP contribution is -2.00. The third kappa shape index (κ3) is 3.46. The number of nitrogens with zero attached hydrogens (tertiary/aromatic N) is 3. The molecule has 0 amide bonds. The van der Waals surface area contributed by atoms with E-state index in [2.05, 4.69) is 4.98 Å². The zero-order chi connectivity index (χ0) is 22.0. The van der Waals surface area contributed by atoms with Crippen LogP contribution in [0.3, 0.4) is 0 Å². The third-order valence-electron chi connectivity index (χ3n) is 4.99. The summed E-state index contributed by atoms with van der Waals surface area (Å²) in [5.41, 5.74) is 3.04. The first-order valence-electron chi connectivity index (χ1n) is 9.51. The first kappa shape index (κ1) is 20.3. The van der Waals surface area contributed by atoms with E-state index in [1.54, 1.807) is 46.4 Å². The molecular weight excluding hydrogens is 398 g/mol. The Balaban J connectivity index is 1.95. The number of benzene rings is 2. The quantitative estimate of drug-likeness (QED) is 0.444. The maximum Gasteiger partial charge on any atom is 0.203 e. The molecule has 0 N–H and O–H groups in total. The molecule has 0 bridgehead atoms. The van der Waals surface area contributed by atoms with Crippen molar-refractivity contribution in [1.29, 1.82) is 0 Å². The average molecular weight is 421 g/mol. The van der Waals surface area contributed by atoms with Gasteiger partial charge in [-0.2, -0.15) is 5.10 Å². The number of hydrogen-bond donors (Lipinski definition) is 0. The predicted octanol–water partition coefficient (Wildman–Crippen LogP) is 4.13. The van der Waals surface area contributed by atoms with Gasteiger partial charge in [-0.3, -0.25) is 0 Å². The molecule has 0 saturated heterocycles. The second-order valence-electron chi connectivity index (χ2n) is 6.59. The summed E-state index contributed by atoms with van der Waals surface area (Å²) in [6.07, 6.45) is 1.74. The summed E-state index contributed by atoms with van der Waals surface area (Å²) >= 11 is 0. The van der Waals surface area contributed by atoms with Crippen LogP contribution in [-0.4, -0.2) is 50.3 Å². The van der Waals surface area contributed by atoms with Crippen LogP contribution >= 0.6 is 0 Å². The van der Waals surface area contributed by atoms with Gasteiger partial charge in [0.1, 0.15) is 5.69 Å². The van der Waals surface area contributed by atoms with Crippen molar-refractivity contribution >= 4 is 11.0 Å². The van der Waals surface area contributed by atoms with Crippen molar-refractivity contribution < 1.29 is 23.7 Å². The van der Waals surface area contributed by atoms with Crippen LogP contribution < -0.4 is 23.7 Å². The number of fused-ring (bicyclic) bond motifs is 1. The molecule has 0 spiro atoms. The molecular formula is C23H23N3O5. The Bertz CT molecular complexity index is 1210. The van der Waals surface area contributed by atoms with E-state index in [1.165, 1.54) is 0 Å². The van der Waals surface area contributed by atoms with E-state index in [4.69, 9.17) is 28.8 Å². The minimum atomic E-state index is 0.524. The molecule has 0 fully saturated rings. The van der Waals surface area contributed by atoms with E-state index in [1.807, 2.05) is 42.5 Å². The average Bonchev–Trinajstić information content (AvgIpc) is 3.22. The number of pyridine rings is 1. The summed E-state index contributed by atoms with van der Waals surface area (Å²) in [5.74, 6) is 2.87. The van der Waals surface area contributed by atoms with Gasteiger partial charge < -0.3 is 23.7 Å². The first-order chi connectivity index (χ1) is 15.1. The van der Waals surface area contributed by atoms with Crippen molar-refractivity contribution in [2.45, 2.75) is 0 Å². The van der Waals surface area contributed by atoms with Crippen LogP contribution in [0.1, 0.15) is 0 Å². The molecule has 0 aliphatic heterocycles. The molecule has 8 nitrogen and oxygen atoms in total. The molecule has 0 radical (unpaired) electrons. The second-order valence-corrected chi connectivity index (χ2v) is 6.59. The molecule has 2 heterocycles. The summed E-state index contributed by atoms with van der Waals surface area (Å²) < 4.78 is 29.1. The van der Waals surface area contributed by atoms with E-state index >= 15 is 0 Å². The monoisotopic (exact) mass is 421 g/mol. The van der Waals surface area contributed by atoms with Crippen molar-refractivity contribution in [2.24, 2.45) is 0 Å². The van der Waals surface area contributed by atoms with Crippen LogP contribution in [0.2, 0.25) is 0 Å². The van der Waals surface area contributed by atoms with E-state index in [0.29, 0.717) is 34.4 Å². The molecule has 31 heavy (non-hydrogen) atoms. The van der Waals surface area contributed by atoms with E-state index in [0.717, 1.165) is 22.3 Å². The van der Waals surface area contributed by atoms with Gasteiger partial charge in [0.05, 0.1) is 41.2 Å². The number of hydrogen-bond acceptors (Lipinski definition) is 7. The molecule has 4 aromatic rings. The molecule has 0 atom stereocenters. The van der Waals surface area contributed by atoms with Gasteiger partial charge in [-0.25, -0.2) is 9.67 Å². The van der Waals surface area contributed by atoms with Crippen molar-refractivity contribution in [2.75, 3.05) is 35.5 Å². The highest BCUT2D eigenvalue weighted by Crippen LogP contribution is 2.42. The zero-order valence-electron chi connectivity index (χ0n) is 18.0. The summed E-state index contributed by atoms with van der Waals surface area (Å²) in [4.78, 5) is 4.56. The lowest BCUT2D eigenvalue weighted by molar-refractivity contribution is 0.324. The largest absolute Gasteiger partial charge is 0.493 e. The summed E-state index contributed by atoms with van der Waals surface area (Å²) in [6.45, 7) is 0. The minimum Gasteiger partial charge on any atom is -0.493 e. The first-order valence-corrected chi connectivity index (χ1v) is 9.51. The number of aromatic nitrogens is 3. The van der Waals surface area contributed by atoms with Gasteiger partial charge in [-0.1, -0.05) is 0 Å². The molecule has 4 rings (SSSR count). The van der Waals surface area contributed by atoms with Crippen molar-refractivity contribution in [1.82, 2.24) is 14.8 Å². The number of methoxy groups -OCH3 is 5. The normalized spacial score (nSPS) is 10.7. The predicted molar refractivity (Wildman–Crippen MR) is 117 cm³/mol. The maximum atomic E-state index is 5.51. The van der Waals surface area contributed by atoms with E-state index < -0.39 is 0 Å². The van der Waals surface area contributed by atoms with Crippen LogP contribution in [0.4, 0.5) is 0 Å². The summed E-state index contributed by atoms with van der Waals surface area (Å²) in [5, 5.41) is 5.75. The van der Waals surface area contributed by atoms with E-state index in [9.17, 15) is 0 Å². The van der Waals surface area contributed by atoms with Crippen molar-refractivity contribution in [3.05, 3.63) is 48.7 Å². The fourth-order valence-corrected chi connectivity index (χ4v) is 3.52. The minimum absolute atomic E-state index is 0.524. The highest BCUT2D eigenvalue weighted by atomic mass is 16.5. The van der Waals surface area contributed by atoms with Crippen LogP contribution in [-0.2, 0) is 0 Å². The number of rotatable bonds is 7. The van der Waals surface area contributed by atoms with E-state index in [-0.39, 0.29) is 0 Å². The van der Waals surface area contributed by atoms with Crippen LogP contribution in [0, 0.1) is 0 Å². The Kier molecular flexibility index (Phi) is 5.53. The molecule has 2 aromatic heterocycles. The molecule has 0 saturated carbocycles. The van der Waals surface area contributed by atoms with Crippen molar-refractivity contribution in [3.8, 4) is 45.7 Å². The van der Waals surface area contributed by atoms with Gasteiger partial charge in [0.2, 0.25) is 5.75 Å². The molecule has 0 aliphatic carbocycles. The van der Waals surface area contributed by atoms with Crippen molar-refractivity contribution in [3.63, 3.8) is 0 Å². The highest BCUT2D eigenvalue weighted by molar-refractivity contribution is 5.93. The van der Waals surface area contributed by atoms with Crippen LogP contribution in [0.15, 0.2) is 48.7 Å². The topological polar surface area (TPSA) is 76.9 Å². The van der Waals surface area contributed by atoms with Gasteiger partial charge in [0.25, 0.3) is 0 Å². The highest BCUT2D eigenvalue weighted by Gasteiger charge is 2.20. The molecule has 0 aliphatic rings. The number of ether oxygens (including phenoxy) is 5. The summed E-state index contributed by atoms with van der Waals surface area (Å²) in [7, 11) is 7.95. The molecule has 0 unspecified atom stereocenters. The fourth-order valence-electron chi connectivity index (χ4n) is 3.52. The Labute approximate surface area is 179 Å². The Morgan fingerprint density at radius 1 is 0.710 bits per heavy atom. The standard InChI is InChI=1S/C23H23N3O5/c1-27-17-9-8-15(13-18(17)28-2)26-23-16(7-6-10-24-23)21(25-26)14-11-19(29-3)22(31-5)20(12-14)30-4/h6-13H,1-5H3. The zero-order valence-corrected chi connectivity index (χ0v) is 18.0. The molecule has 2 aromatic carbocycles. The smallest absolute Gasteiger partial charge is 0.203 e. The SMILES string of the molecule is COc1ccc(-n2nc(-c3cc(OC)c(OC)c(OC)c3)c3cccnc32)cc1OC. The molecule has 160 valence electrons. The third-order valence-corrected chi connectivity index (χ3v) is 4.99. The molecule has 8 heteroatoms. The van der Waals surface area contributed by atoms with Gasteiger partial charge in [-0.05, 0) is 36.4 Å². The summed E-state index contributed by atoms with van der Waals surface area (Å²) in [6, 6.07) is 13.2. The second kappa shape index (κ2) is 8.43. The maximum absolute atomic E-state index is 5.51. The Morgan fingerprint density at radius 3 is 2.00 bits per heavy atom. The van der Waals surface area contributed by atoms with Crippen LogP contribution in [0.25, 0.3) is 28.0 Å². The fraction of sp³-hybridized carbons (Fsp3) is 0.217. The Morgan fingerprint density at radius 2 is 1.39 bits per heavy atom. The van der Waals surface area contributed by atoms with Gasteiger partial charge in [-0.15, -0.1) is 0 Å². The van der Waals surface area contributed by atoms with Gasteiger partial charge >= 0.3 is 0 Å². The van der Waals surface area contributed by atoms with Crippen LogP contribution in [0.5, 0.6) is 28.7 Å². The van der Waals surface area contributed by atoms with Gasteiger partial charge in [0.15, 0.2) is 28.6 Å². The van der Waals surface area contributed by atoms with Gasteiger partial charge in [0, 0.05) is 23.2 Å².